The van der Waals surface area contributed by atoms with Gasteiger partial charge < -0.3 is 0 Å². The van der Waals surface area contributed by atoms with Crippen LogP contribution in [-0.2, 0) is 0 Å². The predicted molar refractivity (Wildman–Crippen MR) is 92.1 cm³/mol. The zero-order valence-corrected chi connectivity index (χ0v) is 13.9. The van der Waals surface area contributed by atoms with Crippen molar-refractivity contribution in [1.29, 1.82) is 0 Å². The first-order chi connectivity index (χ1) is 7.85. The summed E-state index contributed by atoms with van der Waals surface area (Å²) in [5.74, 6) is 13.7. The van der Waals surface area contributed by atoms with E-state index in [1.54, 1.807) is 0 Å². The lowest BCUT2D eigenvalue weighted by atomic mass is 10.5. The Morgan fingerprint density at radius 1 is 1.12 bits per heavy atom. The Morgan fingerprint density at radius 3 is 2.50 bits per heavy atom. The first-order valence-corrected chi connectivity index (χ1v) is 9.85. The van der Waals surface area contributed by atoms with E-state index in [2.05, 4.69) is 37.1 Å². The molecule has 1 unspecified atom stereocenters. The van der Waals surface area contributed by atoms with Gasteiger partial charge in [0, 0.05) is 34.0 Å². The van der Waals surface area contributed by atoms with E-state index in [-0.39, 0.29) is 0 Å². The first kappa shape index (κ1) is 17.3. The molecule has 0 aliphatic heterocycles. The van der Waals surface area contributed by atoms with Crippen LogP contribution >= 0.6 is 60.5 Å². The molecule has 94 valence electrons. The Labute approximate surface area is 124 Å². The van der Waals surface area contributed by atoms with Crippen molar-refractivity contribution >= 4 is 60.5 Å². The van der Waals surface area contributed by atoms with E-state index in [9.17, 15) is 0 Å². The summed E-state index contributed by atoms with van der Waals surface area (Å²) in [6.07, 6.45) is 0. The number of hydrogen-bond donors (Lipinski definition) is 2. The van der Waals surface area contributed by atoms with Gasteiger partial charge in [0.1, 0.15) is 0 Å². The fourth-order valence-corrected chi connectivity index (χ4v) is 4.94. The maximum Gasteiger partial charge on any atom is 0.0547 e. The normalized spacial score (nSPS) is 11.9. The highest BCUT2D eigenvalue weighted by molar-refractivity contribution is 8.05. The smallest absolute Gasteiger partial charge is 0.0547 e. The van der Waals surface area contributed by atoms with Crippen LogP contribution in [0.15, 0.2) is 0 Å². The van der Waals surface area contributed by atoms with E-state index in [4.69, 9.17) is 0 Å². The number of thiol groups is 2. The van der Waals surface area contributed by atoms with Crippen LogP contribution in [0.3, 0.4) is 0 Å². The van der Waals surface area contributed by atoms with Gasteiger partial charge in [0.05, 0.1) is 5.75 Å². The molecule has 0 rings (SSSR count). The lowest BCUT2D eigenvalue weighted by Gasteiger charge is -2.12. The molecule has 0 bridgehead atoms. The van der Waals surface area contributed by atoms with Crippen molar-refractivity contribution in [3.63, 3.8) is 0 Å². The topological polar surface area (TPSA) is 0 Å². The average molecular weight is 313 g/mol. The molecule has 0 saturated carbocycles. The van der Waals surface area contributed by atoms with Crippen LogP contribution < -0.4 is 0 Å². The lowest BCUT2D eigenvalue weighted by Crippen LogP contribution is -2.10. The Balaban J connectivity index is 3.29. The maximum absolute atomic E-state index is 4.38. The zero-order chi connectivity index (χ0) is 12.1. The van der Waals surface area contributed by atoms with Crippen LogP contribution in [0.25, 0.3) is 0 Å². The molecule has 0 aromatic carbocycles. The molecule has 1 atom stereocenters. The van der Waals surface area contributed by atoms with E-state index in [0.29, 0.717) is 5.25 Å². The Bertz CT molecular complexity index is 196. The van der Waals surface area contributed by atoms with Gasteiger partial charge in [-0.05, 0) is 12.7 Å². The third-order valence-corrected chi connectivity index (χ3v) is 6.58. The SMILES string of the molecule is CC#CCSCCSCC(CS)SCCS. The molecule has 16 heavy (non-hydrogen) atoms. The minimum absolute atomic E-state index is 0.681. The maximum atomic E-state index is 4.38. The number of rotatable bonds is 10. The molecule has 0 fully saturated rings. The molecule has 0 aromatic rings. The van der Waals surface area contributed by atoms with E-state index < -0.39 is 0 Å². The molecule has 0 nitrogen and oxygen atoms in total. The molecule has 0 aliphatic carbocycles. The molecule has 0 heterocycles. The Morgan fingerprint density at radius 2 is 1.88 bits per heavy atom. The second-order valence-electron chi connectivity index (χ2n) is 2.95. The summed E-state index contributed by atoms with van der Waals surface area (Å²) in [5.41, 5.74) is 0. The van der Waals surface area contributed by atoms with Gasteiger partial charge in [0.15, 0.2) is 0 Å². The van der Waals surface area contributed by atoms with Crippen LogP contribution in [-0.4, -0.2) is 45.5 Å². The summed E-state index contributed by atoms with van der Waals surface area (Å²) in [7, 11) is 0. The van der Waals surface area contributed by atoms with Crippen LogP contribution in [0.5, 0.6) is 0 Å². The molecule has 0 aromatic heterocycles. The minimum Gasteiger partial charge on any atom is -0.179 e. The van der Waals surface area contributed by atoms with Crippen molar-refractivity contribution in [3.8, 4) is 11.8 Å². The quantitative estimate of drug-likeness (QED) is 0.360. The predicted octanol–water partition coefficient (Wildman–Crippen LogP) is 3.44. The van der Waals surface area contributed by atoms with E-state index in [1.165, 1.54) is 17.3 Å². The fourth-order valence-electron chi connectivity index (χ4n) is 0.901. The van der Waals surface area contributed by atoms with Gasteiger partial charge in [0.25, 0.3) is 0 Å². The highest BCUT2D eigenvalue weighted by Gasteiger charge is 2.06. The standard InChI is InChI=1S/C11H20S5/c1-2-3-5-14-7-8-15-10-11(9-13)16-6-4-12/h11-13H,4-10H2,1H3. The lowest BCUT2D eigenvalue weighted by molar-refractivity contribution is 1.15. The molecule has 0 N–H and O–H groups in total. The Kier molecular flexibility index (Phi) is 15.5. The van der Waals surface area contributed by atoms with E-state index in [0.717, 1.165) is 23.0 Å². The third kappa shape index (κ3) is 11.8. The van der Waals surface area contributed by atoms with Crippen LogP contribution in [0.2, 0.25) is 0 Å². The Hall–Kier alpha value is 1.31. The van der Waals surface area contributed by atoms with Crippen molar-refractivity contribution < 1.29 is 0 Å². The zero-order valence-electron chi connectivity index (χ0n) is 9.65. The van der Waals surface area contributed by atoms with Gasteiger partial charge in [-0.15, -0.1) is 17.7 Å². The molecule has 5 heteroatoms. The average Bonchev–Trinajstić information content (AvgIpc) is 2.32. The first-order valence-electron chi connectivity index (χ1n) is 5.23. The van der Waals surface area contributed by atoms with Gasteiger partial charge >= 0.3 is 0 Å². The van der Waals surface area contributed by atoms with Crippen molar-refractivity contribution in [3.05, 3.63) is 0 Å². The second kappa shape index (κ2) is 14.4. The fraction of sp³-hybridized carbons (Fsp3) is 0.818. The number of thioether (sulfide) groups is 3. The molecular weight excluding hydrogens is 292 g/mol. The van der Waals surface area contributed by atoms with Crippen LogP contribution in [0.4, 0.5) is 0 Å². The minimum atomic E-state index is 0.681. The van der Waals surface area contributed by atoms with E-state index in [1.807, 2.05) is 42.2 Å². The molecule has 0 amide bonds. The van der Waals surface area contributed by atoms with Gasteiger partial charge in [0.2, 0.25) is 0 Å². The molecule has 0 saturated heterocycles. The number of hydrogen-bond acceptors (Lipinski definition) is 5. The summed E-state index contributed by atoms with van der Waals surface area (Å²) in [6, 6.07) is 0. The van der Waals surface area contributed by atoms with Crippen LogP contribution in [0, 0.1) is 11.8 Å². The van der Waals surface area contributed by atoms with Gasteiger partial charge in [-0.1, -0.05) is 5.92 Å². The highest BCUT2D eigenvalue weighted by atomic mass is 32.2. The largest absolute Gasteiger partial charge is 0.179 e. The third-order valence-electron chi connectivity index (χ3n) is 1.68. The molecular formula is C11H20S5. The summed E-state index contributed by atoms with van der Waals surface area (Å²) in [6.45, 7) is 1.89. The van der Waals surface area contributed by atoms with Crippen molar-refractivity contribution in [2.24, 2.45) is 0 Å². The summed E-state index contributed by atoms with van der Waals surface area (Å²) >= 11 is 14.5. The van der Waals surface area contributed by atoms with Crippen molar-refractivity contribution in [2.45, 2.75) is 12.2 Å². The summed E-state index contributed by atoms with van der Waals surface area (Å²) < 4.78 is 0. The van der Waals surface area contributed by atoms with Crippen LogP contribution in [0.1, 0.15) is 6.92 Å². The van der Waals surface area contributed by atoms with Crippen molar-refractivity contribution in [2.75, 3.05) is 40.3 Å². The molecule has 0 radical (unpaired) electrons. The molecule has 0 spiro atoms. The van der Waals surface area contributed by atoms with E-state index >= 15 is 0 Å². The molecule has 0 aliphatic rings. The van der Waals surface area contributed by atoms with Gasteiger partial charge in [-0.2, -0.15) is 48.8 Å². The second-order valence-corrected chi connectivity index (χ2v) is 7.43. The monoisotopic (exact) mass is 312 g/mol. The summed E-state index contributed by atoms with van der Waals surface area (Å²) in [4.78, 5) is 0. The highest BCUT2D eigenvalue weighted by Crippen LogP contribution is 2.18. The van der Waals surface area contributed by atoms with Crippen molar-refractivity contribution in [1.82, 2.24) is 0 Å². The van der Waals surface area contributed by atoms with Gasteiger partial charge in [-0.3, -0.25) is 0 Å². The summed E-state index contributed by atoms with van der Waals surface area (Å²) in [5, 5.41) is 0.681. The van der Waals surface area contributed by atoms with Gasteiger partial charge in [-0.25, -0.2) is 0 Å².